The molecule has 0 rings (SSSR count). The summed E-state index contributed by atoms with van der Waals surface area (Å²) in [4.78, 5) is 0. The third kappa shape index (κ3) is 21.7. The van der Waals surface area contributed by atoms with Gasteiger partial charge in [0.1, 0.15) is 0 Å². The largest absolute Gasteiger partial charge is 0.0885 e. The van der Waals surface area contributed by atoms with Gasteiger partial charge in [0.15, 0.2) is 0 Å². The number of unbranched alkanes of at least 4 members (excludes halogenated alkanes) is 17. The Kier molecular flexibility index (Phi) is 21.5. The van der Waals surface area contributed by atoms with Crippen molar-refractivity contribution in [3.63, 3.8) is 0 Å². The van der Waals surface area contributed by atoms with E-state index in [1.807, 2.05) is 0 Å². The van der Waals surface area contributed by atoms with Crippen LogP contribution in [0.1, 0.15) is 129 Å². The Morgan fingerprint density at radius 3 is 1.22 bits per heavy atom. The van der Waals surface area contributed by atoms with Crippen LogP contribution in [0.5, 0.6) is 0 Å². The zero-order chi connectivity index (χ0) is 16.8. The molecule has 0 heteroatoms. The normalized spacial score (nSPS) is 11.6. The van der Waals surface area contributed by atoms with Crippen LogP contribution < -0.4 is 0 Å². The summed E-state index contributed by atoms with van der Waals surface area (Å²) in [5.74, 6) is 0. The van der Waals surface area contributed by atoms with Gasteiger partial charge in [0.2, 0.25) is 0 Å². The predicted octanol–water partition coefficient (Wildman–Crippen LogP) is 8.81. The van der Waals surface area contributed by atoms with Crippen LogP contribution in [0, 0.1) is 6.92 Å². The van der Waals surface area contributed by atoms with Gasteiger partial charge in [-0.3, -0.25) is 0 Å². The summed E-state index contributed by atoms with van der Waals surface area (Å²) < 4.78 is 0. The molecule has 0 bridgehead atoms. The second-order valence-electron chi connectivity index (χ2n) is 7.21. The summed E-state index contributed by atoms with van der Waals surface area (Å²) >= 11 is 0. The minimum atomic E-state index is 1.12. The smallest absolute Gasteiger partial charge is 0.0351 e. The minimum absolute atomic E-state index is 1.12. The summed E-state index contributed by atoms with van der Waals surface area (Å²) in [5, 5.41) is 0. The van der Waals surface area contributed by atoms with E-state index < -0.39 is 0 Å². The predicted molar refractivity (Wildman–Crippen MR) is 108 cm³/mol. The molecule has 137 valence electrons. The molecule has 0 nitrogen and oxygen atoms in total. The van der Waals surface area contributed by atoms with Crippen molar-refractivity contribution >= 4 is 0 Å². The fourth-order valence-corrected chi connectivity index (χ4v) is 3.13. The van der Waals surface area contributed by atoms with Gasteiger partial charge in [0.05, 0.1) is 0 Å². The Balaban J connectivity index is 3.02. The number of allylic oxidation sites excluding steroid dienone is 2. The maximum atomic E-state index is 3.90. The molecule has 0 unspecified atom stereocenters. The Morgan fingerprint density at radius 1 is 0.478 bits per heavy atom. The Hall–Kier alpha value is -0.260. The van der Waals surface area contributed by atoms with Crippen molar-refractivity contribution in [2.45, 2.75) is 129 Å². The molecule has 0 aliphatic heterocycles. The zero-order valence-corrected chi connectivity index (χ0v) is 16.3. The average Bonchev–Trinajstić information content (AvgIpc) is 2.57. The topological polar surface area (TPSA) is 0 Å². The molecule has 0 N–H and O–H groups in total. The first-order valence-corrected chi connectivity index (χ1v) is 10.9. The van der Waals surface area contributed by atoms with Crippen molar-refractivity contribution < 1.29 is 0 Å². The van der Waals surface area contributed by atoms with Crippen molar-refractivity contribution in [1.29, 1.82) is 0 Å². The molecule has 0 aromatic heterocycles. The molecule has 0 aromatic rings. The van der Waals surface area contributed by atoms with E-state index in [4.69, 9.17) is 0 Å². The van der Waals surface area contributed by atoms with E-state index in [2.05, 4.69) is 26.0 Å². The van der Waals surface area contributed by atoms with Gasteiger partial charge in [-0.05, 0) is 25.7 Å². The van der Waals surface area contributed by atoms with E-state index in [0.29, 0.717) is 0 Å². The van der Waals surface area contributed by atoms with Gasteiger partial charge in [-0.15, -0.1) is 0 Å². The van der Waals surface area contributed by atoms with Crippen LogP contribution in [-0.2, 0) is 0 Å². The summed E-state index contributed by atoms with van der Waals surface area (Å²) in [5.41, 5.74) is 0. The van der Waals surface area contributed by atoms with Gasteiger partial charge in [-0.1, -0.05) is 122 Å². The number of hydrogen-bond acceptors (Lipinski definition) is 0. The van der Waals surface area contributed by atoms with Crippen LogP contribution in [0.25, 0.3) is 0 Å². The van der Waals surface area contributed by atoms with Crippen LogP contribution >= 0.6 is 0 Å². The first kappa shape index (κ1) is 22.7. The maximum Gasteiger partial charge on any atom is -0.0351 e. The lowest BCUT2D eigenvalue weighted by atomic mass is 10.1. The molecule has 0 fully saturated rings. The fraction of sp³-hybridized carbons (Fsp3) is 0.870. The summed E-state index contributed by atoms with van der Waals surface area (Å²) in [6.45, 7) is 6.19. The molecule has 0 atom stereocenters. The first-order chi connectivity index (χ1) is 11.4. The van der Waals surface area contributed by atoms with Gasteiger partial charge in [0.25, 0.3) is 0 Å². The van der Waals surface area contributed by atoms with Crippen molar-refractivity contribution in [2.75, 3.05) is 0 Å². The van der Waals surface area contributed by atoms with Crippen LogP contribution in [0.15, 0.2) is 12.2 Å². The van der Waals surface area contributed by atoms with E-state index in [-0.39, 0.29) is 0 Å². The highest BCUT2D eigenvalue weighted by Crippen LogP contribution is 2.12. The third-order valence-electron chi connectivity index (χ3n) is 4.76. The Bertz CT molecular complexity index is 216. The zero-order valence-electron chi connectivity index (χ0n) is 16.3. The molecule has 0 aliphatic carbocycles. The lowest BCUT2D eigenvalue weighted by Gasteiger charge is -2.01. The lowest BCUT2D eigenvalue weighted by molar-refractivity contribution is 0.553. The average molecular weight is 322 g/mol. The summed E-state index contributed by atoms with van der Waals surface area (Å²) in [6.07, 6.45) is 31.3. The molecule has 0 spiro atoms. The molecule has 23 heavy (non-hydrogen) atoms. The van der Waals surface area contributed by atoms with E-state index in [1.165, 1.54) is 116 Å². The highest BCUT2D eigenvalue weighted by molar-refractivity contribution is 4.81. The SMILES string of the molecule is [CH2]CCCCCCCCCCCC/C=C\CCCCCCCC. The van der Waals surface area contributed by atoms with Crippen molar-refractivity contribution in [2.24, 2.45) is 0 Å². The lowest BCUT2D eigenvalue weighted by Crippen LogP contribution is -1.82. The van der Waals surface area contributed by atoms with Crippen molar-refractivity contribution in [3.8, 4) is 0 Å². The second kappa shape index (κ2) is 21.7. The van der Waals surface area contributed by atoms with Gasteiger partial charge < -0.3 is 0 Å². The quantitative estimate of drug-likeness (QED) is 0.165. The fourth-order valence-electron chi connectivity index (χ4n) is 3.13. The molecule has 0 saturated heterocycles. The molecule has 0 aromatic carbocycles. The number of rotatable bonds is 19. The molecular weight excluding hydrogens is 276 g/mol. The molecule has 0 heterocycles. The maximum absolute atomic E-state index is 3.90. The van der Waals surface area contributed by atoms with Crippen LogP contribution in [0.2, 0.25) is 0 Å². The van der Waals surface area contributed by atoms with Gasteiger partial charge in [-0.25, -0.2) is 0 Å². The van der Waals surface area contributed by atoms with Crippen molar-refractivity contribution in [3.05, 3.63) is 19.1 Å². The Morgan fingerprint density at radius 2 is 0.826 bits per heavy atom. The standard InChI is InChI=1S/C23H45/c1-3-5-7-9-11-13-15-17-19-21-23-22-20-18-16-14-12-10-8-6-4-2/h18,20H,1,3-17,19,21-23H2,2H3/b20-18-. The Labute approximate surface area is 148 Å². The molecular formula is C23H45. The highest BCUT2D eigenvalue weighted by atomic mass is 14.0. The van der Waals surface area contributed by atoms with E-state index >= 15 is 0 Å². The highest BCUT2D eigenvalue weighted by Gasteiger charge is 1.92. The van der Waals surface area contributed by atoms with Crippen LogP contribution in [-0.4, -0.2) is 0 Å². The van der Waals surface area contributed by atoms with Crippen molar-refractivity contribution in [1.82, 2.24) is 0 Å². The minimum Gasteiger partial charge on any atom is -0.0885 e. The second-order valence-corrected chi connectivity index (χ2v) is 7.21. The molecule has 0 saturated carbocycles. The van der Waals surface area contributed by atoms with Crippen LogP contribution in [0.3, 0.4) is 0 Å². The molecule has 0 amide bonds. The number of hydrogen-bond donors (Lipinski definition) is 0. The van der Waals surface area contributed by atoms with E-state index in [1.54, 1.807) is 0 Å². The summed E-state index contributed by atoms with van der Waals surface area (Å²) in [6, 6.07) is 0. The van der Waals surface area contributed by atoms with E-state index in [0.717, 1.165) is 6.42 Å². The monoisotopic (exact) mass is 321 g/mol. The first-order valence-electron chi connectivity index (χ1n) is 10.9. The molecule has 1 radical (unpaired) electrons. The van der Waals surface area contributed by atoms with Crippen LogP contribution in [0.4, 0.5) is 0 Å². The van der Waals surface area contributed by atoms with Gasteiger partial charge in [-0.2, -0.15) is 0 Å². The third-order valence-corrected chi connectivity index (χ3v) is 4.76. The van der Waals surface area contributed by atoms with E-state index in [9.17, 15) is 0 Å². The summed E-state index contributed by atoms with van der Waals surface area (Å²) in [7, 11) is 0. The van der Waals surface area contributed by atoms with Gasteiger partial charge in [0, 0.05) is 0 Å². The molecule has 0 aliphatic rings. The van der Waals surface area contributed by atoms with Gasteiger partial charge >= 0.3 is 0 Å².